The summed E-state index contributed by atoms with van der Waals surface area (Å²) in [4.78, 5) is 19.8. The van der Waals surface area contributed by atoms with Gasteiger partial charge in [0.05, 0.1) is 35.3 Å². The number of alkyl halides is 3. The van der Waals surface area contributed by atoms with Crippen molar-refractivity contribution < 1.29 is 18.0 Å². The molecule has 8 nitrogen and oxygen atoms in total. The fraction of sp³-hybridized carbons (Fsp3) is 0.174. The standard InChI is InChI=1S/C23H17ClF3N7OS/c1-12-30-20(33-32-12)10-28-22-31-21(35)19(36-22)7-13-2-5-18-15(6-13)9-29-34(18)11-14-3-4-16(24)8-17(14)23(25,26)27/h2-9H,10-11H2,1H3,(H,28,31,35)(H,30,32,33)/b19-7-. The molecule has 0 fully saturated rings. The van der Waals surface area contributed by atoms with Gasteiger partial charge in [-0.1, -0.05) is 23.7 Å². The number of amides is 1. The normalized spacial score (nSPS) is 15.2. The fourth-order valence-corrected chi connectivity index (χ4v) is 4.68. The van der Waals surface area contributed by atoms with Crippen molar-refractivity contribution in [3.8, 4) is 0 Å². The topological polar surface area (TPSA) is 101 Å². The van der Waals surface area contributed by atoms with Crippen LogP contribution in [0.15, 0.2) is 52.5 Å². The number of hydrogen-bond acceptors (Lipinski definition) is 6. The van der Waals surface area contributed by atoms with Crippen molar-refractivity contribution in [2.75, 3.05) is 0 Å². The lowest BCUT2D eigenvalue weighted by Crippen LogP contribution is -2.19. The van der Waals surface area contributed by atoms with Gasteiger partial charge in [-0.15, -0.1) is 10.2 Å². The van der Waals surface area contributed by atoms with Crippen LogP contribution in [0.2, 0.25) is 5.02 Å². The average molecular weight is 532 g/mol. The van der Waals surface area contributed by atoms with E-state index in [-0.39, 0.29) is 23.0 Å². The van der Waals surface area contributed by atoms with Gasteiger partial charge in [-0.05, 0) is 60.2 Å². The molecule has 3 heterocycles. The first-order chi connectivity index (χ1) is 17.2. The quantitative estimate of drug-likeness (QED) is 0.354. The molecule has 0 bridgehead atoms. The van der Waals surface area contributed by atoms with Crippen LogP contribution in [0.4, 0.5) is 13.2 Å². The predicted octanol–water partition coefficient (Wildman–Crippen LogP) is 4.94. The zero-order valence-electron chi connectivity index (χ0n) is 18.6. The highest BCUT2D eigenvalue weighted by atomic mass is 35.5. The van der Waals surface area contributed by atoms with Gasteiger partial charge in [0.2, 0.25) is 0 Å². The van der Waals surface area contributed by atoms with E-state index in [4.69, 9.17) is 11.6 Å². The Labute approximate surface area is 211 Å². The second kappa shape index (κ2) is 9.43. The number of carbonyl (C=O) groups excluding carboxylic acids is 1. The fourth-order valence-electron chi connectivity index (χ4n) is 3.70. The number of carbonyl (C=O) groups is 1. The van der Waals surface area contributed by atoms with E-state index in [0.717, 1.165) is 17.0 Å². The van der Waals surface area contributed by atoms with E-state index in [1.54, 1.807) is 31.3 Å². The molecule has 0 spiro atoms. The Morgan fingerprint density at radius 2 is 2.03 bits per heavy atom. The Morgan fingerprint density at radius 1 is 1.19 bits per heavy atom. The van der Waals surface area contributed by atoms with Gasteiger partial charge in [-0.2, -0.15) is 23.3 Å². The van der Waals surface area contributed by atoms with Crippen LogP contribution < -0.4 is 5.32 Å². The van der Waals surface area contributed by atoms with E-state index >= 15 is 0 Å². The zero-order valence-corrected chi connectivity index (χ0v) is 20.2. The number of thioether (sulfide) groups is 1. The molecule has 1 aliphatic rings. The molecule has 5 rings (SSSR count). The third kappa shape index (κ3) is 5.14. The van der Waals surface area contributed by atoms with Crippen molar-refractivity contribution in [3.63, 3.8) is 0 Å². The van der Waals surface area contributed by atoms with Crippen molar-refractivity contribution in [2.45, 2.75) is 26.2 Å². The van der Waals surface area contributed by atoms with E-state index < -0.39 is 11.7 Å². The van der Waals surface area contributed by atoms with Crippen molar-refractivity contribution in [3.05, 3.63) is 80.9 Å². The monoisotopic (exact) mass is 531 g/mol. The second-order valence-electron chi connectivity index (χ2n) is 7.96. The molecule has 0 saturated heterocycles. The van der Waals surface area contributed by atoms with Crippen LogP contribution in [0.1, 0.15) is 28.3 Å². The number of H-pyrrole nitrogens is 1. The third-order valence-electron chi connectivity index (χ3n) is 5.33. The van der Waals surface area contributed by atoms with Gasteiger partial charge in [-0.25, -0.2) is 0 Å². The SMILES string of the molecule is Cc1nnc(CNC2=NC(=O)/C(=C/c3ccc4c(cnn4Cc4ccc(Cl)cc4C(F)(F)F)c3)S2)[nH]1. The molecule has 1 amide bonds. The summed E-state index contributed by atoms with van der Waals surface area (Å²) in [5.41, 5.74) is 0.669. The molecule has 0 atom stereocenters. The zero-order chi connectivity index (χ0) is 25.4. The lowest BCUT2D eigenvalue weighted by atomic mass is 10.1. The van der Waals surface area contributed by atoms with Crippen LogP contribution in [0, 0.1) is 6.92 Å². The molecule has 1 aliphatic heterocycles. The Kier molecular flexibility index (Phi) is 6.31. The van der Waals surface area contributed by atoms with Crippen molar-refractivity contribution in [1.82, 2.24) is 30.3 Å². The Morgan fingerprint density at radius 3 is 2.78 bits per heavy atom. The van der Waals surface area contributed by atoms with Gasteiger partial charge < -0.3 is 10.3 Å². The molecule has 2 aromatic heterocycles. The van der Waals surface area contributed by atoms with Crippen LogP contribution in [0.5, 0.6) is 0 Å². The Balaban J connectivity index is 1.32. The summed E-state index contributed by atoms with van der Waals surface area (Å²) in [6.07, 6.45) is -1.24. The number of nitrogens with one attached hydrogen (secondary N) is 2. The number of hydrogen-bond donors (Lipinski definition) is 2. The number of aryl methyl sites for hydroxylation is 1. The molecule has 184 valence electrons. The molecule has 0 radical (unpaired) electrons. The van der Waals surface area contributed by atoms with Gasteiger partial charge in [0.1, 0.15) is 11.6 Å². The summed E-state index contributed by atoms with van der Waals surface area (Å²) in [6, 6.07) is 9.05. The second-order valence-corrected chi connectivity index (χ2v) is 9.43. The van der Waals surface area contributed by atoms with Crippen LogP contribution in [0.25, 0.3) is 17.0 Å². The van der Waals surface area contributed by atoms with Crippen LogP contribution in [-0.4, -0.2) is 36.0 Å². The lowest BCUT2D eigenvalue weighted by molar-refractivity contribution is -0.138. The molecule has 4 aromatic rings. The van der Waals surface area contributed by atoms with Gasteiger partial charge in [-0.3, -0.25) is 9.48 Å². The molecule has 13 heteroatoms. The summed E-state index contributed by atoms with van der Waals surface area (Å²) in [5, 5.41) is 16.4. The van der Waals surface area contributed by atoms with E-state index in [0.29, 0.717) is 33.8 Å². The number of aromatic amines is 1. The van der Waals surface area contributed by atoms with Gasteiger partial charge >= 0.3 is 6.18 Å². The summed E-state index contributed by atoms with van der Waals surface area (Å²) in [5.74, 6) is 0.954. The number of amidine groups is 1. The first-order valence-electron chi connectivity index (χ1n) is 10.6. The summed E-state index contributed by atoms with van der Waals surface area (Å²) < 4.78 is 41.9. The Hall–Kier alpha value is -3.64. The Bertz CT molecular complexity index is 1540. The summed E-state index contributed by atoms with van der Waals surface area (Å²) in [7, 11) is 0. The minimum atomic E-state index is -4.53. The molecule has 2 aromatic carbocycles. The smallest absolute Gasteiger partial charge is 0.357 e. The molecule has 0 saturated carbocycles. The first kappa shape index (κ1) is 24.1. The molecule has 0 aliphatic carbocycles. The van der Waals surface area contributed by atoms with Crippen LogP contribution >= 0.6 is 23.4 Å². The average Bonchev–Trinajstić information content (AvgIpc) is 3.52. The minimum absolute atomic E-state index is 0.0174. The number of nitrogens with zero attached hydrogens (tertiary/aromatic N) is 5. The summed E-state index contributed by atoms with van der Waals surface area (Å²) >= 11 is 6.99. The maximum Gasteiger partial charge on any atom is 0.416 e. The lowest BCUT2D eigenvalue weighted by Gasteiger charge is -2.14. The first-order valence-corrected chi connectivity index (χ1v) is 11.8. The van der Waals surface area contributed by atoms with Gasteiger partial charge in [0.25, 0.3) is 5.91 Å². The van der Waals surface area contributed by atoms with Gasteiger partial charge in [0.15, 0.2) is 5.17 Å². The molecular weight excluding hydrogens is 515 g/mol. The van der Waals surface area contributed by atoms with Crippen LogP contribution in [0.3, 0.4) is 0 Å². The number of aromatic nitrogens is 5. The third-order valence-corrected chi connectivity index (χ3v) is 6.51. The highest BCUT2D eigenvalue weighted by Crippen LogP contribution is 2.34. The van der Waals surface area contributed by atoms with Crippen molar-refractivity contribution >= 4 is 51.4 Å². The van der Waals surface area contributed by atoms with Crippen molar-refractivity contribution in [2.24, 2.45) is 4.99 Å². The number of halogens is 4. The number of fused-ring (bicyclic) bond motifs is 1. The molecular formula is C23H17ClF3N7OS. The molecule has 0 unspecified atom stereocenters. The number of benzene rings is 2. The largest absolute Gasteiger partial charge is 0.416 e. The number of rotatable bonds is 5. The van der Waals surface area contributed by atoms with E-state index in [1.807, 2.05) is 6.07 Å². The highest BCUT2D eigenvalue weighted by Gasteiger charge is 2.33. The van der Waals surface area contributed by atoms with Crippen LogP contribution in [-0.2, 0) is 24.1 Å². The van der Waals surface area contributed by atoms with E-state index in [9.17, 15) is 18.0 Å². The van der Waals surface area contributed by atoms with E-state index in [1.165, 1.54) is 28.6 Å². The summed E-state index contributed by atoms with van der Waals surface area (Å²) in [6.45, 7) is 2.07. The molecule has 36 heavy (non-hydrogen) atoms. The predicted molar refractivity (Wildman–Crippen MR) is 131 cm³/mol. The van der Waals surface area contributed by atoms with E-state index in [2.05, 4.69) is 30.6 Å². The highest BCUT2D eigenvalue weighted by molar-refractivity contribution is 8.18. The maximum atomic E-state index is 13.5. The minimum Gasteiger partial charge on any atom is -0.357 e. The van der Waals surface area contributed by atoms with Crippen molar-refractivity contribution in [1.29, 1.82) is 0 Å². The maximum absolute atomic E-state index is 13.5. The van der Waals surface area contributed by atoms with Gasteiger partial charge in [0, 0.05) is 10.4 Å². The molecule has 2 N–H and O–H groups in total. The number of aliphatic imine (C=N–C) groups is 1.